The number of piperidine rings is 1. The van der Waals surface area contributed by atoms with Crippen LogP contribution in [-0.4, -0.2) is 78.3 Å². The largest absolute Gasteiger partial charge is 0.355 e. The molecule has 2 heterocycles. The molecule has 1 saturated heterocycles. The maximum Gasteiger partial charge on any atom is 0.318 e. The second kappa shape index (κ2) is 18.7. The number of urea groups is 1. The molecule has 3 aromatic rings. The van der Waals surface area contributed by atoms with Crippen LogP contribution in [0.5, 0.6) is 0 Å². The number of rotatable bonds is 13. The first-order valence-corrected chi connectivity index (χ1v) is 19.1. The summed E-state index contributed by atoms with van der Waals surface area (Å²) in [5, 5.41) is 11.8. The lowest BCUT2D eigenvalue weighted by atomic mass is 9.87. The molecule has 0 spiro atoms. The molecule has 12 nitrogen and oxygen atoms in total. The zero-order valence-corrected chi connectivity index (χ0v) is 32.0. The minimum absolute atomic E-state index is 0.0365. The van der Waals surface area contributed by atoms with E-state index in [1.165, 1.54) is 5.56 Å². The number of hydrogen-bond donors (Lipinski definition) is 4. The number of nitrogens with zero attached hydrogens (tertiary/aromatic N) is 3. The third-order valence-corrected chi connectivity index (χ3v) is 10.2. The van der Waals surface area contributed by atoms with Crippen LogP contribution >= 0.6 is 0 Å². The van der Waals surface area contributed by atoms with E-state index in [4.69, 9.17) is 0 Å². The van der Waals surface area contributed by atoms with Crippen molar-refractivity contribution in [3.05, 3.63) is 95.8 Å². The van der Waals surface area contributed by atoms with E-state index in [9.17, 15) is 24.0 Å². The maximum atomic E-state index is 14.1. The predicted octanol–water partition coefficient (Wildman–Crippen LogP) is 4.70. The van der Waals surface area contributed by atoms with E-state index in [0.29, 0.717) is 45.3 Å². The van der Waals surface area contributed by atoms with E-state index < -0.39 is 29.9 Å². The number of carbonyl (C=O) groups excluding carboxylic acids is 5. The number of fused-ring (bicyclic) bond motifs is 1. The molecule has 1 aromatic heterocycles. The summed E-state index contributed by atoms with van der Waals surface area (Å²) in [6, 6.07) is 18.5. The van der Waals surface area contributed by atoms with Crippen molar-refractivity contribution in [2.24, 2.45) is 11.3 Å². The van der Waals surface area contributed by atoms with Crippen LogP contribution in [0.4, 0.5) is 10.5 Å². The fraction of sp³-hybridized carbons (Fsp3) is 0.476. The summed E-state index contributed by atoms with van der Waals surface area (Å²) in [7, 11) is 1.73. The lowest BCUT2D eigenvalue weighted by molar-refractivity contribution is -0.132. The van der Waals surface area contributed by atoms with E-state index in [-0.39, 0.29) is 35.6 Å². The smallest absolute Gasteiger partial charge is 0.318 e. The maximum absolute atomic E-state index is 14.1. The van der Waals surface area contributed by atoms with Crippen molar-refractivity contribution >= 4 is 35.3 Å². The van der Waals surface area contributed by atoms with Gasteiger partial charge in [0.05, 0.1) is 12.5 Å². The van der Waals surface area contributed by atoms with Crippen LogP contribution in [0.3, 0.4) is 0 Å². The van der Waals surface area contributed by atoms with Gasteiger partial charge >= 0.3 is 6.03 Å². The number of likely N-dealkylation sites (tertiary alicyclic amines) is 1. The van der Waals surface area contributed by atoms with Gasteiger partial charge in [-0.3, -0.25) is 24.2 Å². The number of benzene rings is 2. The average molecular weight is 738 g/mol. The SMILES string of the molecule is CN(C(=O)C1CCN(C(=O)N[C@@H](CC(=O)NCC(C)(C)C)C(=O)N[C@@H](CCc2ccccc2)C(=O)N[C@@H]2CCCc3ccccc32)CC1)c1ccncc1. The minimum atomic E-state index is -1.24. The van der Waals surface area contributed by atoms with Crippen LogP contribution < -0.4 is 26.2 Å². The summed E-state index contributed by atoms with van der Waals surface area (Å²) >= 11 is 0. The average Bonchev–Trinajstić information content (AvgIpc) is 3.18. The Bertz CT molecular complexity index is 1740. The second-order valence-electron chi connectivity index (χ2n) is 15.6. The quantitative estimate of drug-likeness (QED) is 0.200. The van der Waals surface area contributed by atoms with Crippen molar-refractivity contribution in [2.45, 2.75) is 90.3 Å². The summed E-state index contributed by atoms with van der Waals surface area (Å²) < 4.78 is 0. The molecule has 4 N–H and O–H groups in total. The first kappa shape index (κ1) is 39.9. The predicted molar refractivity (Wildman–Crippen MR) is 208 cm³/mol. The molecule has 0 unspecified atom stereocenters. The zero-order valence-electron chi connectivity index (χ0n) is 32.0. The highest BCUT2D eigenvalue weighted by Gasteiger charge is 2.34. The Morgan fingerprint density at radius 1 is 0.852 bits per heavy atom. The van der Waals surface area contributed by atoms with Crippen molar-refractivity contribution in [1.29, 1.82) is 0 Å². The lowest BCUT2D eigenvalue weighted by Crippen LogP contribution is -2.57. The summed E-state index contributed by atoms with van der Waals surface area (Å²) in [5.41, 5.74) is 3.86. The zero-order chi connectivity index (χ0) is 38.7. The van der Waals surface area contributed by atoms with E-state index in [0.717, 1.165) is 36.1 Å². The molecule has 1 fully saturated rings. The van der Waals surface area contributed by atoms with Crippen LogP contribution in [0.2, 0.25) is 0 Å². The number of hydrogen-bond acceptors (Lipinski definition) is 6. The molecule has 1 aliphatic heterocycles. The fourth-order valence-corrected chi connectivity index (χ4v) is 7.04. The number of amides is 6. The molecule has 5 rings (SSSR count). The summed E-state index contributed by atoms with van der Waals surface area (Å²) in [4.78, 5) is 75.4. The lowest BCUT2D eigenvalue weighted by Gasteiger charge is -2.34. The van der Waals surface area contributed by atoms with Crippen LogP contribution in [-0.2, 0) is 32.0 Å². The van der Waals surface area contributed by atoms with Gasteiger partial charge in [0.15, 0.2) is 0 Å². The summed E-state index contributed by atoms with van der Waals surface area (Å²) in [5.74, 6) is -1.62. The Hall–Kier alpha value is -5.26. The van der Waals surface area contributed by atoms with E-state index in [1.54, 1.807) is 41.4 Å². The van der Waals surface area contributed by atoms with Crippen molar-refractivity contribution in [3.63, 3.8) is 0 Å². The fourth-order valence-electron chi connectivity index (χ4n) is 7.04. The first-order valence-electron chi connectivity index (χ1n) is 19.1. The Balaban J connectivity index is 1.28. The van der Waals surface area contributed by atoms with Crippen molar-refractivity contribution in [3.8, 4) is 0 Å². The number of aromatic nitrogens is 1. The van der Waals surface area contributed by atoms with Crippen molar-refractivity contribution in [1.82, 2.24) is 31.2 Å². The number of aryl methyl sites for hydroxylation is 2. The van der Waals surface area contributed by atoms with Crippen molar-refractivity contribution in [2.75, 3.05) is 31.6 Å². The van der Waals surface area contributed by atoms with Gasteiger partial charge < -0.3 is 31.1 Å². The van der Waals surface area contributed by atoms with E-state index >= 15 is 0 Å². The number of nitrogens with one attached hydrogen (secondary N) is 4. The molecule has 288 valence electrons. The highest BCUT2D eigenvalue weighted by molar-refractivity contribution is 5.96. The summed E-state index contributed by atoms with van der Waals surface area (Å²) in [6.07, 6.45) is 7.41. The standard InChI is InChI=1S/C42H55N7O5/c1-42(2,3)28-44-37(50)27-36(47-41(54)49-25-21-31(22-26-49)40(53)48(4)32-19-23-43-24-20-32)39(52)46-35(18-17-29-11-6-5-7-12-29)38(51)45-34-16-10-14-30-13-8-9-15-33(30)34/h5-9,11-13,15,19-20,23-24,31,34-36H,10,14,16-18,21-22,25-28H2,1-4H3,(H,44,50)(H,45,51)(H,46,52)(H,47,54)/t34-,35+,36+/m1/s1. The third kappa shape index (κ3) is 11.4. The number of anilines is 1. The molecule has 2 aliphatic rings. The van der Waals surface area contributed by atoms with Crippen LogP contribution in [0.1, 0.15) is 82.0 Å². The van der Waals surface area contributed by atoms with Gasteiger partial charge in [-0.05, 0) is 79.2 Å². The van der Waals surface area contributed by atoms with Gasteiger partial charge in [-0.2, -0.15) is 0 Å². The molecule has 0 saturated carbocycles. The van der Waals surface area contributed by atoms with Gasteiger partial charge in [-0.25, -0.2) is 4.79 Å². The van der Waals surface area contributed by atoms with Crippen LogP contribution in [0.25, 0.3) is 0 Å². The van der Waals surface area contributed by atoms with E-state index in [1.807, 2.05) is 69.3 Å². The second-order valence-corrected chi connectivity index (χ2v) is 15.6. The highest BCUT2D eigenvalue weighted by atomic mass is 16.2. The molecule has 2 aromatic carbocycles. The third-order valence-electron chi connectivity index (χ3n) is 10.2. The molecule has 1 aliphatic carbocycles. The first-order chi connectivity index (χ1) is 25.9. The van der Waals surface area contributed by atoms with Crippen LogP contribution in [0, 0.1) is 11.3 Å². The molecule has 0 radical (unpaired) electrons. The van der Waals surface area contributed by atoms with Gasteiger partial charge in [0.25, 0.3) is 0 Å². The molecule has 12 heteroatoms. The van der Waals surface area contributed by atoms with Gasteiger partial charge in [-0.15, -0.1) is 0 Å². The number of pyridine rings is 1. The van der Waals surface area contributed by atoms with Gasteiger partial charge in [-0.1, -0.05) is 75.4 Å². The number of carbonyl (C=O) groups is 5. The normalized spacial score (nSPS) is 17.0. The highest BCUT2D eigenvalue weighted by Crippen LogP contribution is 2.29. The van der Waals surface area contributed by atoms with E-state index in [2.05, 4.69) is 32.3 Å². The Morgan fingerprint density at radius 2 is 1.54 bits per heavy atom. The van der Waals surface area contributed by atoms with Crippen LogP contribution in [0.15, 0.2) is 79.1 Å². The molecule has 54 heavy (non-hydrogen) atoms. The minimum Gasteiger partial charge on any atom is -0.355 e. The molecule has 3 atom stereocenters. The Labute approximate surface area is 318 Å². The molecular formula is C42H55N7O5. The van der Waals surface area contributed by atoms with Crippen molar-refractivity contribution < 1.29 is 24.0 Å². The summed E-state index contributed by atoms with van der Waals surface area (Å²) in [6.45, 7) is 6.97. The molecule has 0 bridgehead atoms. The van der Waals surface area contributed by atoms with Gasteiger partial charge in [0.2, 0.25) is 23.6 Å². The van der Waals surface area contributed by atoms with Gasteiger partial charge in [0.1, 0.15) is 12.1 Å². The topological polar surface area (TPSA) is 153 Å². The monoisotopic (exact) mass is 737 g/mol. The van der Waals surface area contributed by atoms with Gasteiger partial charge in [0, 0.05) is 50.7 Å². The Kier molecular flexibility index (Phi) is 13.8. The Morgan fingerprint density at radius 3 is 2.24 bits per heavy atom. The molecular weight excluding hydrogens is 683 g/mol. The molecule has 6 amide bonds.